The van der Waals surface area contributed by atoms with Crippen LogP contribution in [-0.2, 0) is 11.8 Å². The lowest BCUT2D eigenvalue weighted by Gasteiger charge is -2.41. The fourth-order valence-electron chi connectivity index (χ4n) is 3.27. The van der Waals surface area contributed by atoms with Crippen LogP contribution < -0.4 is 5.32 Å². The number of hydrogen-bond donors (Lipinski definition) is 1. The molecular formula is C18H29NS. The molecule has 0 aromatic heterocycles. The Morgan fingerprint density at radius 1 is 1.25 bits per heavy atom. The highest BCUT2D eigenvalue weighted by Crippen LogP contribution is 2.40. The minimum Gasteiger partial charge on any atom is -0.311 e. The second-order valence-electron chi connectivity index (χ2n) is 7.14. The molecule has 1 aliphatic rings. The molecule has 1 aromatic rings. The van der Waals surface area contributed by atoms with Crippen LogP contribution in [0.5, 0.6) is 0 Å². The average Bonchev–Trinajstić information content (AvgIpc) is 2.42. The van der Waals surface area contributed by atoms with Gasteiger partial charge in [-0.25, -0.2) is 0 Å². The average molecular weight is 292 g/mol. The minimum absolute atomic E-state index is 0.193. The number of rotatable bonds is 5. The van der Waals surface area contributed by atoms with Crippen molar-refractivity contribution < 1.29 is 0 Å². The van der Waals surface area contributed by atoms with Crippen molar-refractivity contribution in [1.29, 1.82) is 0 Å². The summed E-state index contributed by atoms with van der Waals surface area (Å²) in [7, 11) is 0. The predicted molar refractivity (Wildman–Crippen MR) is 91.8 cm³/mol. The van der Waals surface area contributed by atoms with Gasteiger partial charge >= 0.3 is 0 Å². The summed E-state index contributed by atoms with van der Waals surface area (Å²) in [5, 5.41) is 3.77. The van der Waals surface area contributed by atoms with E-state index in [1.54, 1.807) is 11.1 Å². The van der Waals surface area contributed by atoms with Crippen molar-refractivity contribution in [2.75, 3.05) is 18.6 Å². The van der Waals surface area contributed by atoms with E-state index < -0.39 is 0 Å². The zero-order valence-corrected chi connectivity index (χ0v) is 14.3. The molecule has 20 heavy (non-hydrogen) atoms. The zero-order valence-electron chi connectivity index (χ0n) is 13.5. The second-order valence-corrected chi connectivity index (χ2v) is 8.12. The van der Waals surface area contributed by atoms with Gasteiger partial charge in [0.2, 0.25) is 0 Å². The summed E-state index contributed by atoms with van der Waals surface area (Å²) in [4.78, 5) is 0. The molecule has 1 atom stereocenters. The van der Waals surface area contributed by atoms with Crippen LogP contribution in [0.25, 0.3) is 0 Å². The smallest absolute Gasteiger partial charge is 0.00968 e. The molecule has 1 aromatic carbocycles. The van der Waals surface area contributed by atoms with Gasteiger partial charge in [0.25, 0.3) is 0 Å². The maximum Gasteiger partial charge on any atom is 0.00968 e. The van der Waals surface area contributed by atoms with Gasteiger partial charge in [-0.3, -0.25) is 0 Å². The van der Waals surface area contributed by atoms with E-state index in [0.29, 0.717) is 5.41 Å². The molecule has 0 radical (unpaired) electrons. The summed E-state index contributed by atoms with van der Waals surface area (Å²) in [6, 6.07) is 9.12. The Labute approximate surface area is 128 Å². The molecule has 2 rings (SSSR count). The molecule has 0 bridgehead atoms. The Hall–Kier alpha value is -0.470. The third-order valence-corrected chi connectivity index (χ3v) is 5.04. The monoisotopic (exact) mass is 291 g/mol. The summed E-state index contributed by atoms with van der Waals surface area (Å²) in [5.41, 5.74) is 3.72. The van der Waals surface area contributed by atoms with Crippen LogP contribution in [0.1, 0.15) is 51.2 Å². The summed E-state index contributed by atoms with van der Waals surface area (Å²) >= 11 is 1.97. The third kappa shape index (κ3) is 3.79. The standard InChI is InChI=1S/C18H29NS/c1-17(2,3)19-14-18(12-13-20-4)11-7-9-15-8-5-6-10-16(15)18/h5-6,8,10,19H,7,9,11-14H2,1-4H3. The Kier molecular flexibility index (Phi) is 5.19. The molecular weight excluding hydrogens is 262 g/mol. The molecule has 2 heteroatoms. The molecule has 112 valence electrons. The topological polar surface area (TPSA) is 12.0 Å². The number of hydrogen-bond acceptors (Lipinski definition) is 2. The van der Waals surface area contributed by atoms with Gasteiger partial charge in [-0.1, -0.05) is 24.3 Å². The van der Waals surface area contributed by atoms with Crippen molar-refractivity contribution in [1.82, 2.24) is 5.32 Å². The quantitative estimate of drug-likeness (QED) is 0.863. The van der Waals surface area contributed by atoms with Gasteiger partial charge in [0, 0.05) is 17.5 Å². The molecule has 0 saturated carbocycles. The molecule has 0 aliphatic heterocycles. The first kappa shape index (κ1) is 15.9. The molecule has 0 saturated heterocycles. The van der Waals surface area contributed by atoms with E-state index in [0.717, 1.165) is 6.54 Å². The molecule has 1 unspecified atom stereocenters. The fourth-order valence-corrected chi connectivity index (χ4v) is 3.87. The summed E-state index contributed by atoms with van der Waals surface area (Å²) in [6.45, 7) is 7.91. The molecule has 0 fully saturated rings. The summed E-state index contributed by atoms with van der Waals surface area (Å²) in [6.07, 6.45) is 7.42. The van der Waals surface area contributed by atoms with Crippen molar-refractivity contribution in [3.05, 3.63) is 35.4 Å². The van der Waals surface area contributed by atoms with Gasteiger partial charge in [0.15, 0.2) is 0 Å². The molecule has 1 N–H and O–H groups in total. The van der Waals surface area contributed by atoms with E-state index in [4.69, 9.17) is 0 Å². The highest BCUT2D eigenvalue weighted by molar-refractivity contribution is 7.98. The van der Waals surface area contributed by atoms with Crippen LogP contribution in [0.4, 0.5) is 0 Å². The van der Waals surface area contributed by atoms with Crippen LogP contribution in [0, 0.1) is 0 Å². The SMILES string of the molecule is CSCCC1(CNC(C)(C)C)CCCc2ccccc21. The van der Waals surface area contributed by atoms with Crippen molar-refractivity contribution >= 4 is 11.8 Å². The number of aryl methyl sites for hydroxylation is 1. The largest absolute Gasteiger partial charge is 0.311 e. The van der Waals surface area contributed by atoms with Gasteiger partial charge in [-0.2, -0.15) is 11.8 Å². The number of fused-ring (bicyclic) bond motifs is 1. The fraction of sp³-hybridized carbons (Fsp3) is 0.667. The van der Waals surface area contributed by atoms with Gasteiger partial charge in [0.05, 0.1) is 0 Å². The first-order chi connectivity index (χ1) is 9.47. The van der Waals surface area contributed by atoms with Gasteiger partial charge in [-0.05, 0) is 69.6 Å². The lowest BCUT2D eigenvalue weighted by atomic mass is 9.68. The van der Waals surface area contributed by atoms with E-state index in [1.165, 1.54) is 31.4 Å². The molecule has 1 aliphatic carbocycles. The Morgan fingerprint density at radius 3 is 2.70 bits per heavy atom. The number of benzene rings is 1. The Morgan fingerprint density at radius 2 is 2.00 bits per heavy atom. The highest BCUT2D eigenvalue weighted by Gasteiger charge is 2.36. The highest BCUT2D eigenvalue weighted by atomic mass is 32.2. The molecule has 0 heterocycles. The molecule has 0 amide bonds. The maximum absolute atomic E-state index is 3.77. The third-order valence-electron chi connectivity index (χ3n) is 4.43. The second kappa shape index (κ2) is 6.53. The van der Waals surface area contributed by atoms with Crippen LogP contribution in [0.15, 0.2) is 24.3 Å². The van der Waals surface area contributed by atoms with Crippen molar-refractivity contribution in [3.63, 3.8) is 0 Å². The normalized spacial score (nSPS) is 22.6. The van der Waals surface area contributed by atoms with Crippen LogP contribution in [-0.4, -0.2) is 24.1 Å². The summed E-state index contributed by atoms with van der Waals surface area (Å²) < 4.78 is 0. The summed E-state index contributed by atoms with van der Waals surface area (Å²) in [5.74, 6) is 1.25. The molecule has 1 nitrogen and oxygen atoms in total. The van der Waals surface area contributed by atoms with Gasteiger partial charge in [0.1, 0.15) is 0 Å². The van der Waals surface area contributed by atoms with E-state index in [9.17, 15) is 0 Å². The first-order valence-electron chi connectivity index (χ1n) is 7.79. The Balaban J connectivity index is 2.28. The maximum atomic E-state index is 3.77. The predicted octanol–water partition coefficient (Wildman–Crippen LogP) is 4.40. The Bertz CT molecular complexity index is 435. The zero-order chi connectivity index (χ0) is 14.6. The van der Waals surface area contributed by atoms with Gasteiger partial charge in [-0.15, -0.1) is 0 Å². The number of nitrogens with one attached hydrogen (secondary N) is 1. The van der Waals surface area contributed by atoms with E-state index in [-0.39, 0.29) is 5.54 Å². The van der Waals surface area contributed by atoms with Gasteiger partial charge < -0.3 is 5.32 Å². The van der Waals surface area contributed by atoms with E-state index in [1.807, 2.05) is 11.8 Å². The first-order valence-corrected chi connectivity index (χ1v) is 9.19. The lowest BCUT2D eigenvalue weighted by molar-refractivity contribution is 0.289. The van der Waals surface area contributed by atoms with Crippen LogP contribution in [0.3, 0.4) is 0 Å². The van der Waals surface area contributed by atoms with Crippen LogP contribution >= 0.6 is 11.8 Å². The number of thioether (sulfide) groups is 1. The van der Waals surface area contributed by atoms with Crippen molar-refractivity contribution in [3.8, 4) is 0 Å². The van der Waals surface area contributed by atoms with Crippen molar-refractivity contribution in [2.24, 2.45) is 0 Å². The van der Waals surface area contributed by atoms with Crippen LogP contribution in [0.2, 0.25) is 0 Å². The minimum atomic E-state index is 0.193. The lowest BCUT2D eigenvalue weighted by Crippen LogP contribution is -2.47. The van der Waals surface area contributed by atoms with E-state index in [2.05, 4.69) is 56.6 Å². The van der Waals surface area contributed by atoms with Crippen molar-refractivity contribution in [2.45, 2.75) is 57.4 Å². The van der Waals surface area contributed by atoms with E-state index >= 15 is 0 Å². The molecule has 0 spiro atoms.